The second-order valence-electron chi connectivity index (χ2n) is 4.45. The Morgan fingerprint density at radius 1 is 1.27 bits per heavy atom. The lowest BCUT2D eigenvalue weighted by Crippen LogP contribution is -2.36. The molecule has 0 aliphatic carbocycles. The molecule has 7 heteroatoms. The Morgan fingerprint density at radius 3 is 2.50 bits per heavy atom. The van der Waals surface area contributed by atoms with Crippen molar-refractivity contribution < 1.29 is 0 Å². The molecule has 22 heavy (non-hydrogen) atoms. The third-order valence-corrected chi connectivity index (χ3v) is 3.76. The fraction of sp³-hybridized carbons (Fsp3) is 0.267. The van der Waals surface area contributed by atoms with Crippen molar-refractivity contribution in [3.63, 3.8) is 0 Å². The zero-order valence-corrected chi connectivity index (χ0v) is 15.6. The van der Waals surface area contributed by atoms with Crippen molar-refractivity contribution in [1.29, 1.82) is 5.26 Å². The highest BCUT2D eigenvalue weighted by molar-refractivity contribution is 14.0. The fourth-order valence-corrected chi connectivity index (χ4v) is 2.47. The molecule has 0 aliphatic heterocycles. The summed E-state index contributed by atoms with van der Waals surface area (Å²) in [5.41, 5.74) is 1.77. The summed E-state index contributed by atoms with van der Waals surface area (Å²) in [5.74, 6) is 0.729. The monoisotopic (exact) mass is 427 g/mol. The van der Waals surface area contributed by atoms with Gasteiger partial charge in [0, 0.05) is 24.7 Å². The molecule has 0 fully saturated rings. The summed E-state index contributed by atoms with van der Waals surface area (Å²) in [7, 11) is 1.74. The van der Waals surface area contributed by atoms with Crippen molar-refractivity contribution in [2.75, 3.05) is 7.05 Å². The molecule has 0 aliphatic rings. The fourth-order valence-electron chi connectivity index (χ4n) is 1.75. The Balaban J connectivity index is 0.00000242. The van der Waals surface area contributed by atoms with Gasteiger partial charge in [0.05, 0.1) is 18.2 Å². The van der Waals surface area contributed by atoms with Crippen molar-refractivity contribution in [3.8, 4) is 6.07 Å². The van der Waals surface area contributed by atoms with Gasteiger partial charge in [-0.15, -0.1) is 35.3 Å². The molecule has 1 aromatic carbocycles. The summed E-state index contributed by atoms with van der Waals surface area (Å²) < 4.78 is 0. The number of benzene rings is 1. The van der Waals surface area contributed by atoms with E-state index in [0.717, 1.165) is 16.5 Å². The van der Waals surface area contributed by atoms with E-state index in [1.807, 2.05) is 37.4 Å². The van der Waals surface area contributed by atoms with Crippen molar-refractivity contribution >= 4 is 41.3 Å². The van der Waals surface area contributed by atoms with E-state index in [2.05, 4.69) is 26.7 Å². The van der Waals surface area contributed by atoms with Crippen LogP contribution in [0.2, 0.25) is 0 Å². The van der Waals surface area contributed by atoms with E-state index in [0.29, 0.717) is 18.7 Å². The number of guanidine groups is 1. The highest BCUT2D eigenvalue weighted by atomic mass is 127. The molecule has 0 radical (unpaired) electrons. The van der Waals surface area contributed by atoms with Gasteiger partial charge in [-0.1, -0.05) is 12.1 Å². The van der Waals surface area contributed by atoms with Gasteiger partial charge in [0.1, 0.15) is 5.01 Å². The van der Waals surface area contributed by atoms with Gasteiger partial charge in [-0.2, -0.15) is 5.26 Å². The molecule has 2 aromatic rings. The largest absolute Gasteiger partial charge is 0.352 e. The molecule has 0 amide bonds. The number of nitrogens with one attached hydrogen (secondary N) is 2. The number of thiazole rings is 1. The summed E-state index contributed by atoms with van der Waals surface area (Å²) in [6, 6.07) is 9.60. The van der Waals surface area contributed by atoms with Crippen LogP contribution in [0.4, 0.5) is 0 Å². The zero-order valence-electron chi connectivity index (χ0n) is 12.5. The van der Waals surface area contributed by atoms with Gasteiger partial charge < -0.3 is 10.6 Å². The van der Waals surface area contributed by atoms with Crippen LogP contribution in [-0.2, 0) is 13.1 Å². The maximum atomic E-state index is 8.76. The highest BCUT2D eigenvalue weighted by Crippen LogP contribution is 2.10. The van der Waals surface area contributed by atoms with Gasteiger partial charge >= 0.3 is 0 Å². The van der Waals surface area contributed by atoms with E-state index in [4.69, 9.17) is 5.26 Å². The summed E-state index contributed by atoms with van der Waals surface area (Å²) in [4.78, 5) is 9.68. The van der Waals surface area contributed by atoms with Crippen molar-refractivity contribution in [1.82, 2.24) is 15.6 Å². The van der Waals surface area contributed by atoms with Gasteiger partial charge in [0.15, 0.2) is 5.96 Å². The van der Waals surface area contributed by atoms with E-state index in [1.165, 1.54) is 4.88 Å². The summed E-state index contributed by atoms with van der Waals surface area (Å²) in [5, 5.41) is 16.3. The van der Waals surface area contributed by atoms with Crippen LogP contribution >= 0.6 is 35.3 Å². The molecule has 0 unspecified atom stereocenters. The molecular formula is C15H18IN5S. The third-order valence-electron chi connectivity index (χ3n) is 2.84. The van der Waals surface area contributed by atoms with Crippen LogP contribution in [0.5, 0.6) is 0 Å². The number of hydrogen-bond donors (Lipinski definition) is 2. The van der Waals surface area contributed by atoms with Crippen LogP contribution < -0.4 is 10.6 Å². The van der Waals surface area contributed by atoms with E-state index in [9.17, 15) is 0 Å². The van der Waals surface area contributed by atoms with Crippen LogP contribution in [0.3, 0.4) is 0 Å². The molecular weight excluding hydrogens is 409 g/mol. The van der Waals surface area contributed by atoms with Crippen molar-refractivity contribution in [2.24, 2.45) is 4.99 Å². The minimum Gasteiger partial charge on any atom is -0.352 e. The third kappa shape index (κ3) is 5.61. The normalized spacial score (nSPS) is 10.5. The maximum Gasteiger partial charge on any atom is 0.191 e. The molecule has 5 nitrogen and oxygen atoms in total. The average molecular weight is 427 g/mol. The van der Waals surface area contributed by atoms with Crippen LogP contribution in [-0.4, -0.2) is 18.0 Å². The lowest BCUT2D eigenvalue weighted by Gasteiger charge is -2.10. The lowest BCUT2D eigenvalue weighted by molar-refractivity contribution is 0.805. The molecule has 0 atom stereocenters. The van der Waals surface area contributed by atoms with Gasteiger partial charge in [-0.3, -0.25) is 4.99 Å². The number of hydrogen-bond acceptors (Lipinski definition) is 4. The van der Waals surface area contributed by atoms with E-state index < -0.39 is 0 Å². The average Bonchev–Trinajstić information content (AvgIpc) is 2.93. The Labute approximate surface area is 151 Å². The topological polar surface area (TPSA) is 73.1 Å². The number of nitrogens with zero attached hydrogens (tertiary/aromatic N) is 3. The SMILES string of the molecule is CN=C(NCc1ccc(C#N)cc1)NCc1ncc(C)s1.I. The molecule has 2 rings (SSSR count). The number of aryl methyl sites for hydroxylation is 1. The Kier molecular flexibility index (Phi) is 7.84. The first kappa shape index (κ1) is 18.4. The van der Waals surface area contributed by atoms with E-state index in [1.54, 1.807) is 18.4 Å². The smallest absolute Gasteiger partial charge is 0.191 e. The zero-order chi connectivity index (χ0) is 15.1. The minimum absolute atomic E-state index is 0. The van der Waals surface area contributed by atoms with Gasteiger partial charge in [0.2, 0.25) is 0 Å². The lowest BCUT2D eigenvalue weighted by atomic mass is 10.1. The quantitative estimate of drug-likeness (QED) is 0.447. The summed E-state index contributed by atoms with van der Waals surface area (Å²) in [6.07, 6.45) is 1.87. The Bertz CT molecular complexity index is 657. The molecule has 116 valence electrons. The van der Waals surface area contributed by atoms with Gasteiger partial charge in [0.25, 0.3) is 0 Å². The second-order valence-corrected chi connectivity index (χ2v) is 5.77. The molecule has 0 spiro atoms. The minimum atomic E-state index is 0. The number of aromatic nitrogens is 1. The maximum absolute atomic E-state index is 8.76. The predicted octanol–water partition coefficient (Wildman–Crippen LogP) is 2.81. The number of aliphatic imine (C=N–C) groups is 1. The van der Waals surface area contributed by atoms with E-state index in [-0.39, 0.29) is 24.0 Å². The predicted molar refractivity (Wildman–Crippen MR) is 100 cm³/mol. The first-order chi connectivity index (χ1) is 10.2. The summed E-state index contributed by atoms with van der Waals surface area (Å²) in [6.45, 7) is 3.35. The molecule has 0 saturated carbocycles. The van der Waals surface area contributed by atoms with E-state index >= 15 is 0 Å². The first-order valence-electron chi connectivity index (χ1n) is 6.56. The molecule has 1 aromatic heterocycles. The van der Waals surface area contributed by atoms with Crippen LogP contribution in [0.1, 0.15) is 21.0 Å². The standard InChI is InChI=1S/C15H17N5S.HI/c1-11-8-18-14(21-11)10-20-15(17-2)19-9-13-5-3-12(7-16)4-6-13;/h3-6,8H,9-10H2,1-2H3,(H2,17,19,20);1H. The van der Waals surface area contributed by atoms with Crippen molar-refractivity contribution in [2.45, 2.75) is 20.0 Å². The van der Waals surface area contributed by atoms with Crippen LogP contribution in [0.25, 0.3) is 0 Å². The van der Waals surface area contributed by atoms with Crippen LogP contribution in [0, 0.1) is 18.3 Å². The van der Waals surface area contributed by atoms with Crippen molar-refractivity contribution in [3.05, 3.63) is 51.5 Å². The highest BCUT2D eigenvalue weighted by Gasteiger charge is 2.02. The van der Waals surface area contributed by atoms with Gasteiger partial charge in [-0.05, 0) is 24.6 Å². The van der Waals surface area contributed by atoms with Gasteiger partial charge in [-0.25, -0.2) is 4.98 Å². The molecule has 0 bridgehead atoms. The Morgan fingerprint density at radius 2 is 1.95 bits per heavy atom. The second kappa shape index (κ2) is 9.38. The van der Waals surface area contributed by atoms with Crippen LogP contribution in [0.15, 0.2) is 35.5 Å². The Hall–Kier alpha value is -1.66. The number of rotatable bonds is 4. The molecule has 0 saturated heterocycles. The molecule has 2 N–H and O–H groups in total. The number of halogens is 1. The first-order valence-corrected chi connectivity index (χ1v) is 7.38. The summed E-state index contributed by atoms with van der Waals surface area (Å²) >= 11 is 1.67. The number of nitriles is 1. The molecule has 1 heterocycles.